The number of nitrogens with zero attached hydrogens (tertiary/aromatic N) is 1. The van der Waals surface area contributed by atoms with Gasteiger partial charge in [-0.3, -0.25) is 4.79 Å². The molecule has 0 radical (unpaired) electrons. The number of carbonyl (C=O) groups is 1. The number of rotatable bonds is 3. The van der Waals surface area contributed by atoms with E-state index in [0.29, 0.717) is 0 Å². The van der Waals surface area contributed by atoms with Crippen molar-refractivity contribution < 1.29 is 22.7 Å². The van der Waals surface area contributed by atoms with Crippen LogP contribution in [0, 0.1) is 17.7 Å². The lowest BCUT2D eigenvalue weighted by atomic mass is 9.99. The van der Waals surface area contributed by atoms with Crippen LogP contribution < -0.4 is 0 Å². The summed E-state index contributed by atoms with van der Waals surface area (Å²) in [6.07, 6.45) is 0. The van der Waals surface area contributed by atoms with E-state index in [-0.39, 0.29) is 28.9 Å². The van der Waals surface area contributed by atoms with Crippen LogP contribution in [0.3, 0.4) is 0 Å². The van der Waals surface area contributed by atoms with Gasteiger partial charge in [0.2, 0.25) is 10.0 Å². The van der Waals surface area contributed by atoms with Crippen LogP contribution in [-0.2, 0) is 14.8 Å². The Hall–Kier alpha value is -1.18. The summed E-state index contributed by atoms with van der Waals surface area (Å²) < 4.78 is 38.9. The summed E-state index contributed by atoms with van der Waals surface area (Å²) in [5.74, 6) is -2.70. The Balaban J connectivity index is 2.35. The predicted molar refractivity (Wildman–Crippen MR) is 70.5 cm³/mol. The van der Waals surface area contributed by atoms with Crippen LogP contribution in [0.1, 0.15) is 6.92 Å². The van der Waals surface area contributed by atoms with Gasteiger partial charge in [0.1, 0.15) is 10.7 Å². The number of aliphatic carboxylic acids is 1. The van der Waals surface area contributed by atoms with Crippen molar-refractivity contribution in [2.24, 2.45) is 11.8 Å². The number of benzene rings is 1. The van der Waals surface area contributed by atoms with E-state index in [4.69, 9.17) is 16.7 Å². The Bertz CT molecular complexity index is 649. The Labute approximate surface area is 121 Å². The van der Waals surface area contributed by atoms with E-state index >= 15 is 0 Å². The van der Waals surface area contributed by atoms with E-state index in [1.807, 2.05) is 0 Å². The normalized spacial score (nSPS) is 23.9. The standard InChI is InChI=1S/C12H13ClFNO4S/c1-7-5-15(6-9(7)12(16)17)20(18,19)11-3-2-8(14)4-10(11)13/h2-4,7,9H,5-6H2,1H3,(H,16,17)/t7-,9-/m1/s1. The summed E-state index contributed by atoms with van der Waals surface area (Å²) in [6.45, 7) is 1.68. The van der Waals surface area contributed by atoms with Gasteiger partial charge in [-0.2, -0.15) is 4.31 Å². The summed E-state index contributed by atoms with van der Waals surface area (Å²) in [7, 11) is -3.91. The average Bonchev–Trinajstić information content (AvgIpc) is 2.71. The summed E-state index contributed by atoms with van der Waals surface area (Å²) in [6, 6.07) is 3.02. The molecule has 1 aliphatic rings. The summed E-state index contributed by atoms with van der Waals surface area (Å²) >= 11 is 5.77. The maximum absolute atomic E-state index is 13.0. The van der Waals surface area contributed by atoms with E-state index in [9.17, 15) is 17.6 Å². The molecule has 110 valence electrons. The van der Waals surface area contributed by atoms with Crippen LogP contribution in [0.15, 0.2) is 23.1 Å². The topological polar surface area (TPSA) is 74.7 Å². The molecule has 1 saturated heterocycles. The fourth-order valence-corrected chi connectivity index (χ4v) is 4.34. The fourth-order valence-electron chi connectivity index (χ4n) is 2.26. The molecule has 0 aromatic heterocycles. The Morgan fingerprint density at radius 2 is 2.10 bits per heavy atom. The van der Waals surface area contributed by atoms with Crippen molar-refractivity contribution in [3.05, 3.63) is 29.0 Å². The van der Waals surface area contributed by atoms with Gasteiger partial charge in [0.05, 0.1) is 10.9 Å². The van der Waals surface area contributed by atoms with Gasteiger partial charge in [0.15, 0.2) is 0 Å². The Morgan fingerprint density at radius 1 is 1.45 bits per heavy atom. The zero-order valence-corrected chi connectivity index (χ0v) is 12.2. The summed E-state index contributed by atoms with van der Waals surface area (Å²) in [5, 5.41) is 8.82. The van der Waals surface area contributed by atoms with E-state index in [2.05, 4.69) is 0 Å². The van der Waals surface area contributed by atoms with Crippen LogP contribution in [-0.4, -0.2) is 36.9 Å². The summed E-state index contributed by atoms with van der Waals surface area (Å²) in [4.78, 5) is 10.8. The molecule has 1 aromatic rings. The van der Waals surface area contributed by atoms with Gasteiger partial charge in [0, 0.05) is 13.1 Å². The van der Waals surface area contributed by atoms with Crippen molar-refractivity contribution in [3.63, 3.8) is 0 Å². The van der Waals surface area contributed by atoms with E-state index in [1.165, 1.54) is 0 Å². The second kappa shape index (κ2) is 5.31. The molecule has 2 rings (SSSR count). The zero-order valence-electron chi connectivity index (χ0n) is 10.6. The molecule has 1 fully saturated rings. The Morgan fingerprint density at radius 3 is 2.60 bits per heavy atom. The number of halogens is 2. The van der Waals surface area contributed by atoms with Gasteiger partial charge in [-0.1, -0.05) is 18.5 Å². The third-order valence-electron chi connectivity index (χ3n) is 3.41. The van der Waals surface area contributed by atoms with Crippen LogP contribution >= 0.6 is 11.6 Å². The number of carboxylic acid groups (broad SMARTS) is 1. The fraction of sp³-hybridized carbons (Fsp3) is 0.417. The first-order chi connectivity index (χ1) is 9.23. The minimum Gasteiger partial charge on any atom is -0.481 e. The smallest absolute Gasteiger partial charge is 0.308 e. The minimum atomic E-state index is -3.91. The van der Waals surface area contributed by atoms with Crippen molar-refractivity contribution >= 4 is 27.6 Å². The highest BCUT2D eigenvalue weighted by molar-refractivity contribution is 7.89. The second-order valence-corrected chi connectivity index (χ2v) is 7.13. The third-order valence-corrected chi connectivity index (χ3v) is 5.72. The molecule has 2 atom stereocenters. The zero-order chi connectivity index (χ0) is 15.1. The molecule has 1 aromatic carbocycles. The quantitative estimate of drug-likeness (QED) is 0.921. The van der Waals surface area contributed by atoms with Crippen LogP contribution in [0.25, 0.3) is 0 Å². The Kier molecular flexibility index (Phi) is 4.04. The molecule has 20 heavy (non-hydrogen) atoms. The first kappa shape index (κ1) is 15.2. The second-order valence-electron chi connectivity index (χ2n) is 4.82. The predicted octanol–water partition coefficient (Wildman–Crippen LogP) is 1.82. The lowest BCUT2D eigenvalue weighted by Gasteiger charge is -2.17. The van der Waals surface area contributed by atoms with Crippen LogP contribution in [0.5, 0.6) is 0 Å². The van der Waals surface area contributed by atoms with Gasteiger partial charge in [-0.15, -0.1) is 0 Å². The highest BCUT2D eigenvalue weighted by atomic mass is 35.5. The van der Waals surface area contributed by atoms with Gasteiger partial charge < -0.3 is 5.11 Å². The van der Waals surface area contributed by atoms with Gasteiger partial charge in [-0.05, 0) is 24.1 Å². The number of carboxylic acids is 1. The monoisotopic (exact) mass is 321 g/mol. The maximum atomic E-state index is 13.0. The molecule has 0 aliphatic carbocycles. The molecule has 1 heterocycles. The maximum Gasteiger partial charge on any atom is 0.308 e. The lowest BCUT2D eigenvalue weighted by molar-refractivity contribution is -0.142. The highest BCUT2D eigenvalue weighted by Crippen LogP contribution is 2.31. The first-order valence-corrected chi connectivity index (χ1v) is 7.73. The average molecular weight is 322 g/mol. The first-order valence-electron chi connectivity index (χ1n) is 5.91. The third kappa shape index (κ3) is 2.65. The van der Waals surface area contributed by atoms with E-state index in [0.717, 1.165) is 22.5 Å². The number of sulfonamides is 1. The summed E-state index contributed by atoms with van der Waals surface area (Å²) in [5.41, 5.74) is 0. The molecular formula is C12H13ClFNO4S. The number of hydrogen-bond donors (Lipinski definition) is 1. The molecule has 0 saturated carbocycles. The van der Waals surface area contributed by atoms with Crippen LogP contribution in [0.4, 0.5) is 4.39 Å². The molecular weight excluding hydrogens is 309 g/mol. The van der Waals surface area contributed by atoms with Gasteiger partial charge >= 0.3 is 5.97 Å². The molecule has 0 spiro atoms. The van der Waals surface area contributed by atoms with Crippen molar-refractivity contribution in [2.75, 3.05) is 13.1 Å². The molecule has 1 N–H and O–H groups in total. The molecule has 5 nitrogen and oxygen atoms in total. The molecule has 0 amide bonds. The molecule has 0 unspecified atom stereocenters. The van der Waals surface area contributed by atoms with Crippen LogP contribution in [0.2, 0.25) is 5.02 Å². The minimum absolute atomic E-state index is 0.104. The largest absolute Gasteiger partial charge is 0.481 e. The van der Waals surface area contributed by atoms with Crippen molar-refractivity contribution in [2.45, 2.75) is 11.8 Å². The van der Waals surface area contributed by atoms with Crippen molar-refractivity contribution in [3.8, 4) is 0 Å². The van der Waals surface area contributed by atoms with Crippen molar-refractivity contribution in [1.82, 2.24) is 4.31 Å². The number of hydrogen-bond acceptors (Lipinski definition) is 3. The molecule has 8 heteroatoms. The highest BCUT2D eigenvalue weighted by Gasteiger charge is 2.41. The molecule has 1 aliphatic heterocycles. The lowest BCUT2D eigenvalue weighted by Crippen LogP contribution is -2.30. The van der Waals surface area contributed by atoms with E-state index in [1.54, 1.807) is 6.92 Å². The van der Waals surface area contributed by atoms with E-state index < -0.39 is 27.7 Å². The van der Waals surface area contributed by atoms with Gasteiger partial charge in [0.25, 0.3) is 0 Å². The SMILES string of the molecule is C[C@@H]1CN(S(=O)(=O)c2ccc(F)cc2Cl)C[C@H]1C(=O)O. The molecule has 0 bridgehead atoms. The van der Waals surface area contributed by atoms with Gasteiger partial charge in [-0.25, -0.2) is 12.8 Å². The van der Waals surface area contributed by atoms with Crippen molar-refractivity contribution in [1.29, 1.82) is 0 Å².